The third kappa shape index (κ3) is 2.52. The Bertz CT molecular complexity index is 301. The van der Waals surface area contributed by atoms with Crippen LogP contribution in [-0.2, 0) is 0 Å². The van der Waals surface area contributed by atoms with Gasteiger partial charge in [-0.3, -0.25) is 0 Å². The van der Waals surface area contributed by atoms with E-state index in [-0.39, 0.29) is 0 Å². The van der Waals surface area contributed by atoms with Crippen molar-refractivity contribution in [2.45, 2.75) is 70.9 Å². The Morgan fingerprint density at radius 2 is 1.89 bits per heavy atom. The molecule has 4 atom stereocenters. The fourth-order valence-corrected chi connectivity index (χ4v) is 4.63. The summed E-state index contributed by atoms with van der Waals surface area (Å²) in [5.74, 6) is 3.75. The molecule has 0 heterocycles. The highest BCUT2D eigenvalue weighted by Gasteiger charge is 2.38. The Balaban J connectivity index is 1.47. The van der Waals surface area contributed by atoms with Gasteiger partial charge in [-0.1, -0.05) is 25.5 Å². The zero-order valence-corrected chi connectivity index (χ0v) is 12.1. The average Bonchev–Trinajstić information content (AvgIpc) is 3.02. The summed E-state index contributed by atoms with van der Waals surface area (Å²) in [6, 6.07) is 1.54. The Morgan fingerprint density at radius 1 is 1.11 bits per heavy atom. The standard InChI is InChI=1S/C17H29N/c1-3-13-5-8-16(9-6-13)18-12(2)17-11-14-4-7-15(17)10-14/h4,7,12-18H,3,5-6,8-11H2,1-2H3. The van der Waals surface area contributed by atoms with Gasteiger partial charge >= 0.3 is 0 Å². The fraction of sp³-hybridized carbons (Fsp3) is 0.882. The highest BCUT2D eigenvalue weighted by molar-refractivity contribution is 5.11. The molecular weight excluding hydrogens is 218 g/mol. The highest BCUT2D eigenvalue weighted by atomic mass is 15.0. The topological polar surface area (TPSA) is 12.0 Å². The summed E-state index contributed by atoms with van der Waals surface area (Å²) < 4.78 is 0. The predicted molar refractivity (Wildman–Crippen MR) is 77.5 cm³/mol. The van der Waals surface area contributed by atoms with Crippen LogP contribution in [0.25, 0.3) is 0 Å². The maximum Gasteiger partial charge on any atom is 0.00754 e. The molecule has 1 heteroatoms. The van der Waals surface area contributed by atoms with Crippen molar-refractivity contribution in [1.82, 2.24) is 5.32 Å². The monoisotopic (exact) mass is 247 g/mol. The number of nitrogens with one attached hydrogen (secondary N) is 1. The first-order chi connectivity index (χ1) is 8.76. The Labute approximate surface area is 112 Å². The molecule has 0 radical (unpaired) electrons. The van der Waals surface area contributed by atoms with E-state index in [4.69, 9.17) is 0 Å². The molecule has 0 amide bonds. The van der Waals surface area contributed by atoms with E-state index in [1.807, 2.05) is 0 Å². The molecule has 1 N–H and O–H groups in total. The number of allylic oxidation sites excluding steroid dienone is 2. The Kier molecular flexibility index (Phi) is 3.79. The van der Waals surface area contributed by atoms with Gasteiger partial charge in [0.25, 0.3) is 0 Å². The average molecular weight is 247 g/mol. The third-order valence-corrected chi connectivity index (χ3v) is 5.90. The van der Waals surface area contributed by atoms with Gasteiger partial charge in [0.05, 0.1) is 0 Å². The molecule has 2 saturated carbocycles. The molecule has 0 spiro atoms. The van der Waals surface area contributed by atoms with Crippen LogP contribution in [0.1, 0.15) is 58.8 Å². The number of hydrogen-bond acceptors (Lipinski definition) is 1. The second kappa shape index (κ2) is 5.36. The molecule has 3 aliphatic carbocycles. The van der Waals surface area contributed by atoms with Crippen LogP contribution in [-0.4, -0.2) is 12.1 Å². The highest BCUT2D eigenvalue weighted by Crippen LogP contribution is 2.45. The van der Waals surface area contributed by atoms with Gasteiger partial charge < -0.3 is 5.32 Å². The van der Waals surface area contributed by atoms with Gasteiger partial charge in [0, 0.05) is 12.1 Å². The summed E-state index contributed by atoms with van der Waals surface area (Å²) in [5, 5.41) is 3.96. The van der Waals surface area contributed by atoms with Gasteiger partial charge in [-0.05, 0) is 69.1 Å². The Hall–Kier alpha value is -0.300. The lowest BCUT2D eigenvalue weighted by Crippen LogP contribution is -2.43. The number of rotatable bonds is 4. The summed E-state index contributed by atoms with van der Waals surface area (Å²) in [6.45, 7) is 4.79. The molecule has 0 saturated heterocycles. The first kappa shape index (κ1) is 12.7. The molecule has 0 aromatic heterocycles. The van der Waals surface area contributed by atoms with Gasteiger partial charge in [-0.25, -0.2) is 0 Å². The molecule has 3 rings (SSSR count). The first-order valence-corrected chi connectivity index (χ1v) is 8.20. The zero-order chi connectivity index (χ0) is 12.5. The van der Waals surface area contributed by atoms with Crippen molar-refractivity contribution < 1.29 is 0 Å². The van der Waals surface area contributed by atoms with Crippen LogP contribution < -0.4 is 5.32 Å². The van der Waals surface area contributed by atoms with Crippen molar-refractivity contribution in [1.29, 1.82) is 0 Å². The van der Waals surface area contributed by atoms with Crippen molar-refractivity contribution in [3.05, 3.63) is 12.2 Å². The van der Waals surface area contributed by atoms with Crippen molar-refractivity contribution in [2.24, 2.45) is 23.7 Å². The summed E-state index contributed by atoms with van der Waals surface area (Å²) >= 11 is 0. The van der Waals surface area contributed by atoms with E-state index in [9.17, 15) is 0 Å². The largest absolute Gasteiger partial charge is 0.311 e. The predicted octanol–water partition coefficient (Wildman–Crippen LogP) is 4.15. The SMILES string of the molecule is CCC1CCC(NC(C)C2CC3C=CC2C3)CC1. The van der Waals surface area contributed by atoms with Gasteiger partial charge in [0.2, 0.25) is 0 Å². The lowest BCUT2D eigenvalue weighted by molar-refractivity contribution is 0.235. The van der Waals surface area contributed by atoms with Gasteiger partial charge in [-0.15, -0.1) is 0 Å². The summed E-state index contributed by atoms with van der Waals surface area (Å²) in [4.78, 5) is 0. The van der Waals surface area contributed by atoms with E-state index in [1.54, 1.807) is 0 Å². The van der Waals surface area contributed by atoms with E-state index in [0.717, 1.165) is 35.8 Å². The lowest BCUT2D eigenvalue weighted by Gasteiger charge is -2.34. The molecule has 3 aliphatic rings. The molecule has 2 fully saturated rings. The molecule has 0 aliphatic heterocycles. The van der Waals surface area contributed by atoms with Crippen LogP contribution >= 0.6 is 0 Å². The van der Waals surface area contributed by atoms with Crippen LogP contribution in [0, 0.1) is 23.7 Å². The summed E-state index contributed by atoms with van der Waals surface area (Å²) in [6.07, 6.45) is 15.0. The maximum atomic E-state index is 3.96. The smallest absolute Gasteiger partial charge is 0.00754 e. The molecule has 102 valence electrons. The third-order valence-electron chi connectivity index (χ3n) is 5.90. The zero-order valence-electron chi connectivity index (χ0n) is 12.1. The van der Waals surface area contributed by atoms with Crippen LogP contribution in [0.15, 0.2) is 12.2 Å². The lowest BCUT2D eigenvalue weighted by atomic mass is 9.82. The fourth-order valence-electron chi connectivity index (χ4n) is 4.63. The molecular formula is C17H29N. The number of hydrogen-bond donors (Lipinski definition) is 1. The molecule has 1 nitrogen and oxygen atoms in total. The van der Waals surface area contributed by atoms with Crippen molar-refractivity contribution in [3.8, 4) is 0 Å². The van der Waals surface area contributed by atoms with Crippen LogP contribution in [0.2, 0.25) is 0 Å². The van der Waals surface area contributed by atoms with Crippen LogP contribution in [0.3, 0.4) is 0 Å². The minimum Gasteiger partial charge on any atom is -0.311 e. The van der Waals surface area contributed by atoms with Crippen molar-refractivity contribution >= 4 is 0 Å². The first-order valence-electron chi connectivity index (χ1n) is 8.20. The molecule has 2 bridgehead atoms. The summed E-state index contributed by atoms with van der Waals surface area (Å²) in [5.41, 5.74) is 0. The maximum absolute atomic E-state index is 3.96. The summed E-state index contributed by atoms with van der Waals surface area (Å²) in [7, 11) is 0. The minimum absolute atomic E-state index is 0.730. The van der Waals surface area contributed by atoms with Gasteiger partial charge in [0.1, 0.15) is 0 Å². The van der Waals surface area contributed by atoms with E-state index < -0.39 is 0 Å². The van der Waals surface area contributed by atoms with E-state index in [0.29, 0.717) is 0 Å². The van der Waals surface area contributed by atoms with Gasteiger partial charge in [-0.2, -0.15) is 0 Å². The van der Waals surface area contributed by atoms with Crippen molar-refractivity contribution in [3.63, 3.8) is 0 Å². The second-order valence-corrected chi connectivity index (χ2v) is 7.03. The normalized spacial score (nSPS) is 44.4. The van der Waals surface area contributed by atoms with Crippen LogP contribution in [0.4, 0.5) is 0 Å². The quantitative estimate of drug-likeness (QED) is 0.736. The molecule has 18 heavy (non-hydrogen) atoms. The Morgan fingerprint density at radius 3 is 2.44 bits per heavy atom. The minimum atomic E-state index is 0.730. The van der Waals surface area contributed by atoms with E-state index in [1.165, 1.54) is 44.9 Å². The number of fused-ring (bicyclic) bond motifs is 2. The molecule has 0 aromatic carbocycles. The van der Waals surface area contributed by atoms with Gasteiger partial charge in [0.15, 0.2) is 0 Å². The van der Waals surface area contributed by atoms with E-state index >= 15 is 0 Å². The second-order valence-electron chi connectivity index (χ2n) is 7.03. The molecule has 0 aromatic rings. The van der Waals surface area contributed by atoms with Crippen LogP contribution in [0.5, 0.6) is 0 Å². The van der Waals surface area contributed by atoms with E-state index in [2.05, 4.69) is 31.3 Å². The van der Waals surface area contributed by atoms with Crippen molar-refractivity contribution in [2.75, 3.05) is 0 Å². The molecule has 4 unspecified atom stereocenters.